The first-order valence-corrected chi connectivity index (χ1v) is 8.11. The van der Waals surface area contributed by atoms with Crippen LogP contribution in [0.2, 0.25) is 0 Å². The zero-order valence-electron chi connectivity index (χ0n) is 14.6. The maximum Gasteiger partial charge on any atom is 0.257 e. The van der Waals surface area contributed by atoms with Crippen molar-refractivity contribution in [1.29, 1.82) is 0 Å². The molecular formula is C17H28N4O2. The Morgan fingerprint density at radius 1 is 1.48 bits per heavy atom. The van der Waals surface area contributed by atoms with Crippen LogP contribution in [0.25, 0.3) is 0 Å². The molecule has 0 fully saturated rings. The molecular weight excluding hydrogens is 292 g/mol. The summed E-state index contributed by atoms with van der Waals surface area (Å²) in [6.45, 7) is 11.6. The van der Waals surface area contributed by atoms with E-state index in [-0.39, 0.29) is 11.8 Å². The molecule has 0 radical (unpaired) electrons. The third kappa shape index (κ3) is 5.54. The topological polar surface area (TPSA) is 67.2 Å². The number of nitrogens with zero attached hydrogens (tertiary/aromatic N) is 3. The highest BCUT2D eigenvalue weighted by molar-refractivity contribution is 5.95. The lowest BCUT2D eigenvalue weighted by atomic mass is 10.1. The van der Waals surface area contributed by atoms with Crippen LogP contribution < -0.4 is 5.32 Å². The van der Waals surface area contributed by atoms with Crippen molar-refractivity contribution < 1.29 is 9.59 Å². The van der Waals surface area contributed by atoms with Crippen LogP contribution in [0, 0.1) is 5.92 Å². The van der Waals surface area contributed by atoms with Crippen LogP contribution >= 0.6 is 0 Å². The Morgan fingerprint density at radius 2 is 2.17 bits per heavy atom. The highest BCUT2D eigenvalue weighted by Gasteiger charge is 2.19. The van der Waals surface area contributed by atoms with E-state index in [9.17, 15) is 9.59 Å². The molecule has 6 heteroatoms. The van der Waals surface area contributed by atoms with Crippen LogP contribution in [0.1, 0.15) is 43.2 Å². The van der Waals surface area contributed by atoms with Gasteiger partial charge in [0.15, 0.2) is 0 Å². The van der Waals surface area contributed by atoms with Crippen LogP contribution in [-0.4, -0.2) is 46.6 Å². The van der Waals surface area contributed by atoms with Gasteiger partial charge in [-0.2, -0.15) is 5.10 Å². The van der Waals surface area contributed by atoms with E-state index in [4.69, 9.17) is 0 Å². The average Bonchev–Trinajstić information content (AvgIpc) is 2.91. The maximum atomic E-state index is 12.6. The molecule has 1 rings (SSSR count). The minimum absolute atomic E-state index is 0.0214. The van der Waals surface area contributed by atoms with Gasteiger partial charge in [-0.15, -0.1) is 0 Å². The molecule has 0 aliphatic rings. The van der Waals surface area contributed by atoms with E-state index in [0.717, 1.165) is 18.7 Å². The Kier molecular flexibility index (Phi) is 7.51. The van der Waals surface area contributed by atoms with Gasteiger partial charge in [-0.25, -0.2) is 0 Å². The van der Waals surface area contributed by atoms with Crippen molar-refractivity contribution >= 4 is 11.8 Å². The Balaban J connectivity index is 2.64. The zero-order chi connectivity index (χ0) is 17.4. The van der Waals surface area contributed by atoms with E-state index < -0.39 is 0 Å². The van der Waals surface area contributed by atoms with Gasteiger partial charge in [0.25, 0.3) is 5.91 Å². The minimum atomic E-state index is -0.192. The predicted molar refractivity (Wildman–Crippen MR) is 91.2 cm³/mol. The molecule has 0 aromatic carbocycles. The first-order valence-electron chi connectivity index (χ1n) is 8.11. The number of aromatic nitrogens is 2. The van der Waals surface area contributed by atoms with E-state index in [1.807, 2.05) is 11.6 Å². The normalized spacial score (nSPS) is 10.7. The lowest BCUT2D eigenvalue weighted by molar-refractivity contribution is -0.116. The summed E-state index contributed by atoms with van der Waals surface area (Å²) in [5, 5.41) is 7.07. The summed E-state index contributed by atoms with van der Waals surface area (Å²) in [7, 11) is 1.77. The molecule has 2 amide bonds. The van der Waals surface area contributed by atoms with Gasteiger partial charge in [-0.3, -0.25) is 14.3 Å². The average molecular weight is 320 g/mol. The van der Waals surface area contributed by atoms with Crippen LogP contribution in [0.3, 0.4) is 0 Å². The summed E-state index contributed by atoms with van der Waals surface area (Å²) < 4.78 is 1.93. The third-order valence-electron chi connectivity index (χ3n) is 3.55. The highest BCUT2D eigenvalue weighted by Crippen LogP contribution is 2.14. The summed E-state index contributed by atoms with van der Waals surface area (Å²) in [5.74, 6) is 0.267. The molecule has 0 spiro atoms. The number of rotatable bonds is 9. The van der Waals surface area contributed by atoms with E-state index in [1.165, 1.54) is 6.08 Å². The van der Waals surface area contributed by atoms with Crippen molar-refractivity contribution in [2.24, 2.45) is 5.92 Å². The van der Waals surface area contributed by atoms with E-state index in [2.05, 4.69) is 30.8 Å². The van der Waals surface area contributed by atoms with Gasteiger partial charge in [0, 0.05) is 26.7 Å². The quantitative estimate of drug-likeness (QED) is 0.558. The fourth-order valence-electron chi connectivity index (χ4n) is 2.37. The summed E-state index contributed by atoms with van der Waals surface area (Å²) in [5.41, 5.74) is 1.65. The van der Waals surface area contributed by atoms with Crippen molar-refractivity contribution in [3.05, 3.63) is 30.1 Å². The Labute approximate surface area is 138 Å². The number of carbonyl (C=O) groups excluding carboxylic acids is 2. The van der Waals surface area contributed by atoms with Crippen LogP contribution in [0.15, 0.2) is 18.9 Å². The summed E-state index contributed by atoms with van der Waals surface area (Å²) >= 11 is 0. The zero-order valence-corrected chi connectivity index (χ0v) is 14.6. The van der Waals surface area contributed by atoms with Gasteiger partial charge in [0.05, 0.1) is 17.5 Å². The molecule has 0 atom stereocenters. The predicted octanol–water partition coefficient (Wildman–Crippen LogP) is 1.87. The summed E-state index contributed by atoms with van der Waals surface area (Å²) in [6, 6.07) is 0. The number of amides is 2. The van der Waals surface area contributed by atoms with Crippen molar-refractivity contribution in [3.8, 4) is 0 Å². The molecule has 1 N–H and O–H groups in total. The van der Waals surface area contributed by atoms with Crippen molar-refractivity contribution in [3.63, 3.8) is 0 Å². The Hall–Kier alpha value is -2.11. The Bertz CT molecular complexity index is 549. The largest absolute Gasteiger partial charge is 0.353 e. The van der Waals surface area contributed by atoms with Gasteiger partial charge in [0.1, 0.15) is 0 Å². The number of hydrogen-bond acceptors (Lipinski definition) is 3. The molecule has 0 saturated heterocycles. The Morgan fingerprint density at radius 3 is 2.74 bits per heavy atom. The first kappa shape index (κ1) is 18.9. The lowest BCUT2D eigenvalue weighted by Crippen LogP contribution is -2.31. The fourth-order valence-corrected chi connectivity index (χ4v) is 2.37. The first-order chi connectivity index (χ1) is 10.9. The third-order valence-corrected chi connectivity index (χ3v) is 3.55. The number of hydrogen-bond donors (Lipinski definition) is 1. The van der Waals surface area contributed by atoms with E-state index in [0.29, 0.717) is 31.0 Å². The molecule has 1 heterocycles. The lowest BCUT2D eigenvalue weighted by Gasteiger charge is -2.17. The molecule has 1 aromatic heterocycles. The molecule has 6 nitrogen and oxygen atoms in total. The minimum Gasteiger partial charge on any atom is -0.353 e. The SMILES string of the molecule is C=CC(=O)NCCCN(C)C(=O)c1cnn(CC(C)C)c1CC. The smallest absolute Gasteiger partial charge is 0.257 e. The molecule has 23 heavy (non-hydrogen) atoms. The maximum absolute atomic E-state index is 12.6. The van der Waals surface area contributed by atoms with Gasteiger partial charge in [-0.05, 0) is 24.8 Å². The second kappa shape index (κ2) is 9.12. The number of carbonyl (C=O) groups is 2. The van der Waals surface area contributed by atoms with Crippen molar-refractivity contribution in [2.45, 2.75) is 40.2 Å². The molecule has 0 aliphatic heterocycles. The van der Waals surface area contributed by atoms with Gasteiger partial charge >= 0.3 is 0 Å². The molecule has 0 bridgehead atoms. The molecule has 0 saturated carbocycles. The molecule has 1 aromatic rings. The fraction of sp³-hybridized carbons (Fsp3) is 0.588. The monoisotopic (exact) mass is 320 g/mol. The van der Waals surface area contributed by atoms with Crippen molar-refractivity contribution in [1.82, 2.24) is 20.0 Å². The second-order valence-corrected chi connectivity index (χ2v) is 6.01. The summed E-state index contributed by atoms with van der Waals surface area (Å²) in [4.78, 5) is 25.3. The van der Waals surface area contributed by atoms with E-state index in [1.54, 1.807) is 18.1 Å². The van der Waals surface area contributed by atoms with Crippen molar-refractivity contribution in [2.75, 3.05) is 20.1 Å². The highest BCUT2D eigenvalue weighted by atomic mass is 16.2. The van der Waals surface area contributed by atoms with Gasteiger partial charge < -0.3 is 10.2 Å². The molecule has 128 valence electrons. The molecule has 0 unspecified atom stereocenters. The standard InChI is InChI=1S/C17H28N4O2/c1-6-15-14(11-19-21(15)12-13(3)4)17(23)20(5)10-8-9-18-16(22)7-2/h7,11,13H,2,6,8-10,12H2,1,3-5H3,(H,18,22). The molecule has 0 aliphatic carbocycles. The van der Waals surface area contributed by atoms with Crippen LogP contribution in [0.5, 0.6) is 0 Å². The van der Waals surface area contributed by atoms with Crippen LogP contribution in [-0.2, 0) is 17.8 Å². The van der Waals surface area contributed by atoms with Gasteiger partial charge in [0.2, 0.25) is 5.91 Å². The second-order valence-electron chi connectivity index (χ2n) is 6.01. The van der Waals surface area contributed by atoms with Crippen LogP contribution in [0.4, 0.5) is 0 Å². The van der Waals surface area contributed by atoms with E-state index >= 15 is 0 Å². The van der Waals surface area contributed by atoms with Gasteiger partial charge in [-0.1, -0.05) is 27.4 Å². The summed E-state index contributed by atoms with van der Waals surface area (Å²) in [6.07, 6.45) is 4.38. The number of nitrogens with one attached hydrogen (secondary N) is 1.